The monoisotopic (exact) mass is 307 g/mol. The molecule has 0 saturated heterocycles. The summed E-state index contributed by atoms with van der Waals surface area (Å²) in [6.45, 7) is 0. The molecule has 1 unspecified atom stereocenters. The Morgan fingerprint density at radius 2 is 2.42 bits per heavy atom. The van der Waals surface area contributed by atoms with Gasteiger partial charge >= 0.3 is 0 Å². The maximum Gasteiger partial charge on any atom is 0.0668 e. The molecule has 0 fully saturated rings. The molecular weight excluding hydrogens is 302 g/mol. The van der Waals surface area contributed by atoms with Crippen molar-refractivity contribution < 1.29 is 0 Å². The van der Waals surface area contributed by atoms with Crippen LogP contribution >= 0.6 is 43.2 Å². The first-order valence-corrected chi connectivity index (χ1v) is 6.24. The Kier molecular flexibility index (Phi) is 4.27. The minimum Gasteiger partial charge on any atom is -0.198 e. The second-order valence-corrected chi connectivity index (χ2v) is 4.88. The van der Waals surface area contributed by atoms with Crippen molar-refractivity contribution >= 4 is 43.2 Å². The molecule has 12 heavy (non-hydrogen) atoms. The summed E-state index contributed by atoms with van der Waals surface area (Å²) >= 11 is 8.44. The average Bonchev–Trinajstić information content (AvgIpc) is 2.47. The lowest BCUT2D eigenvalue weighted by atomic mass is 10.1. The Morgan fingerprint density at radius 3 is 2.83 bits per heavy atom. The molecule has 0 N–H and O–H groups in total. The summed E-state index contributed by atoms with van der Waals surface area (Å²) in [5.41, 5.74) is 0. The van der Waals surface area contributed by atoms with Crippen LogP contribution in [0.1, 0.15) is 4.88 Å². The molecule has 0 spiro atoms. The molecule has 1 rings (SSSR count). The maximum absolute atomic E-state index is 8.73. The number of hydrogen-bond acceptors (Lipinski definition) is 2. The minimum atomic E-state index is 0.0833. The fraction of sp³-hybridized carbons (Fsp3) is 0.375. The quantitative estimate of drug-likeness (QED) is 0.783. The number of halogens is 2. The lowest BCUT2D eigenvalue weighted by Gasteiger charge is -2.02. The first kappa shape index (κ1) is 10.2. The Labute approximate surface area is 92.7 Å². The molecule has 1 heterocycles. The van der Waals surface area contributed by atoms with E-state index in [4.69, 9.17) is 5.26 Å². The van der Waals surface area contributed by atoms with E-state index >= 15 is 0 Å². The van der Waals surface area contributed by atoms with Gasteiger partial charge in [-0.25, -0.2) is 0 Å². The van der Waals surface area contributed by atoms with E-state index in [2.05, 4.69) is 37.9 Å². The lowest BCUT2D eigenvalue weighted by Crippen LogP contribution is -2.01. The molecule has 0 aliphatic carbocycles. The number of alkyl halides is 1. The fourth-order valence-electron chi connectivity index (χ4n) is 0.829. The highest BCUT2D eigenvalue weighted by Crippen LogP contribution is 2.25. The van der Waals surface area contributed by atoms with Gasteiger partial charge in [-0.15, -0.1) is 11.3 Å². The molecule has 0 aliphatic rings. The van der Waals surface area contributed by atoms with Crippen LogP contribution in [-0.2, 0) is 6.42 Å². The maximum atomic E-state index is 8.73. The second kappa shape index (κ2) is 5.00. The number of rotatable bonds is 3. The highest BCUT2D eigenvalue weighted by molar-refractivity contribution is 9.10. The van der Waals surface area contributed by atoms with Gasteiger partial charge in [0.2, 0.25) is 0 Å². The Morgan fingerprint density at radius 1 is 1.67 bits per heavy atom. The third-order valence-electron chi connectivity index (χ3n) is 1.49. The highest BCUT2D eigenvalue weighted by Gasteiger charge is 2.09. The number of nitriles is 1. The van der Waals surface area contributed by atoms with Crippen molar-refractivity contribution in [2.75, 3.05) is 5.33 Å². The molecule has 64 valence electrons. The summed E-state index contributed by atoms with van der Waals surface area (Å²) in [6, 6.07) is 4.27. The van der Waals surface area contributed by atoms with Crippen LogP contribution in [0, 0.1) is 17.2 Å². The van der Waals surface area contributed by atoms with Crippen LogP contribution in [-0.4, -0.2) is 5.33 Å². The average molecular weight is 309 g/mol. The fourth-order valence-corrected chi connectivity index (χ4v) is 2.80. The van der Waals surface area contributed by atoms with Crippen molar-refractivity contribution in [3.8, 4) is 6.07 Å². The van der Waals surface area contributed by atoms with Gasteiger partial charge in [0.05, 0.1) is 12.0 Å². The summed E-state index contributed by atoms with van der Waals surface area (Å²) < 4.78 is 1.12. The topological polar surface area (TPSA) is 23.8 Å². The van der Waals surface area contributed by atoms with E-state index in [0.29, 0.717) is 0 Å². The zero-order valence-corrected chi connectivity index (χ0v) is 10.2. The number of hydrogen-bond donors (Lipinski definition) is 0. The third-order valence-corrected chi connectivity index (χ3v) is 4.22. The van der Waals surface area contributed by atoms with Gasteiger partial charge in [-0.05, 0) is 33.8 Å². The van der Waals surface area contributed by atoms with Gasteiger partial charge in [0.15, 0.2) is 0 Å². The molecule has 1 nitrogen and oxygen atoms in total. The van der Waals surface area contributed by atoms with Crippen molar-refractivity contribution in [2.45, 2.75) is 6.42 Å². The van der Waals surface area contributed by atoms with Crippen LogP contribution in [0.25, 0.3) is 0 Å². The summed E-state index contributed by atoms with van der Waals surface area (Å²) in [5.74, 6) is 0.0833. The third kappa shape index (κ3) is 2.58. The normalized spacial score (nSPS) is 12.4. The summed E-state index contributed by atoms with van der Waals surface area (Å²) in [5, 5.41) is 11.5. The zero-order chi connectivity index (χ0) is 8.97. The predicted octanol–water partition coefficient (Wildman–Crippen LogP) is 3.59. The summed E-state index contributed by atoms with van der Waals surface area (Å²) in [6.07, 6.45) is 0.833. The first-order valence-electron chi connectivity index (χ1n) is 3.45. The minimum absolute atomic E-state index is 0.0833. The largest absolute Gasteiger partial charge is 0.198 e. The number of nitrogens with zero attached hydrogens (tertiary/aromatic N) is 1. The SMILES string of the molecule is N#CC(CBr)Cc1sccc1Br. The lowest BCUT2D eigenvalue weighted by molar-refractivity contribution is 0.764. The van der Waals surface area contributed by atoms with E-state index in [0.717, 1.165) is 16.2 Å². The highest BCUT2D eigenvalue weighted by atomic mass is 79.9. The van der Waals surface area contributed by atoms with E-state index < -0.39 is 0 Å². The van der Waals surface area contributed by atoms with E-state index in [1.165, 1.54) is 4.88 Å². The molecule has 0 aromatic carbocycles. The molecule has 4 heteroatoms. The predicted molar refractivity (Wildman–Crippen MR) is 58.6 cm³/mol. The van der Waals surface area contributed by atoms with Crippen molar-refractivity contribution in [2.24, 2.45) is 5.92 Å². The Bertz CT molecular complexity index is 289. The van der Waals surface area contributed by atoms with E-state index in [-0.39, 0.29) is 5.92 Å². The zero-order valence-electron chi connectivity index (χ0n) is 6.26. The van der Waals surface area contributed by atoms with E-state index in [1.807, 2.05) is 11.4 Å². The van der Waals surface area contributed by atoms with Gasteiger partial charge in [0, 0.05) is 14.7 Å². The molecule has 0 bridgehead atoms. The molecule has 0 aliphatic heterocycles. The van der Waals surface area contributed by atoms with Crippen LogP contribution in [0.4, 0.5) is 0 Å². The van der Waals surface area contributed by atoms with Crippen molar-refractivity contribution in [3.63, 3.8) is 0 Å². The van der Waals surface area contributed by atoms with Gasteiger partial charge in [-0.2, -0.15) is 5.26 Å². The first-order chi connectivity index (χ1) is 5.77. The molecule has 0 amide bonds. The van der Waals surface area contributed by atoms with Crippen LogP contribution in [0.5, 0.6) is 0 Å². The van der Waals surface area contributed by atoms with Gasteiger partial charge in [-0.3, -0.25) is 0 Å². The van der Waals surface area contributed by atoms with E-state index in [1.54, 1.807) is 11.3 Å². The van der Waals surface area contributed by atoms with Gasteiger partial charge < -0.3 is 0 Å². The molecule has 1 aromatic heterocycles. The summed E-state index contributed by atoms with van der Waals surface area (Å²) in [7, 11) is 0. The molecule has 0 radical (unpaired) electrons. The smallest absolute Gasteiger partial charge is 0.0668 e. The second-order valence-electron chi connectivity index (χ2n) is 2.38. The standard InChI is InChI=1S/C8H7Br2NS/c9-4-6(5-11)3-8-7(10)1-2-12-8/h1-2,6H,3-4H2. The Balaban J connectivity index is 2.64. The van der Waals surface area contributed by atoms with Gasteiger partial charge in [0.1, 0.15) is 0 Å². The van der Waals surface area contributed by atoms with Gasteiger partial charge in [-0.1, -0.05) is 15.9 Å². The molecular formula is C8H7Br2NS. The van der Waals surface area contributed by atoms with Crippen LogP contribution in [0.15, 0.2) is 15.9 Å². The molecule has 1 atom stereocenters. The number of thiophene rings is 1. The van der Waals surface area contributed by atoms with Gasteiger partial charge in [0.25, 0.3) is 0 Å². The molecule has 0 saturated carbocycles. The summed E-state index contributed by atoms with van der Waals surface area (Å²) in [4.78, 5) is 1.25. The Hall–Kier alpha value is 0.150. The van der Waals surface area contributed by atoms with Crippen molar-refractivity contribution in [1.29, 1.82) is 5.26 Å². The van der Waals surface area contributed by atoms with Crippen molar-refractivity contribution in [1.82, 2.24) is 0 Å². The van der Waals surface area contributed by atoms with Crippen LogP contribution in [0.2, 0.25) is 0 Å². The van der Waals surface area contributed by atoms with Crippen LogP contribution < -0.4 is 0 Å². The van der Waals surface area contributed by atoms with Crippen molar-refractivity contribution in [3.05, 3.63) is 20.8 Å². The van der Waals surface area contributed by atoms with E-state index in [9.17, 15) is 0 Å². The van der Waals surface area contributed by atoms with Crippen LogP contribution in [0.3, 0.4) is 0 Å². The molecule has 1 aromatic rings.